The number of ether oxygens (including phenoxy) is 2. The molecular formula is C21H26N2O3. The number of para-hydroxylation sites is 3. The molecule has 3 rings (SSSR count). The fraction of sp³-hybridized carbons (Fsp3) is 0.381. The van der Waals surface area contributed by atoms with Crippen LogP contribution in [0.1, 0.15) is 18.9 Å². The number of methoxy groups -OCH3 is 1. The number of carbonyl (C=O) groups is 1. The normalized spacial score (nSPS) is 15.9. The van der Waals surface area contributed by atoms with E-state index in [0.29, 0.717) is 37.2 Å². The van der Waals surface area contributed by atoms with Crippen LogP contribution in [0.15, 0.2) is 48.5 Å². The third kappa shape index (κ3) is 4.28. The first-order valence-electron chi connectivity index (χ1n) is 9.06. The second-order valence-electron chi connectivity index (χ2n) is 6.49. The fourth-order valence-corrected chi connectivity index (χ4v) is 3.30. The van der Waals surface area contributed by atoms with E-state index in [-0.39, 0.29) is 5.91 Å². The first-order valence-corrected chi connectivity index (χ1v) is 9.06. The average Bonchev–Trinajstić information content (AvgIpc) is 2.68. The zero-order valence-electron chi connectivity index (χ0n) is 15.4. The van der Waals surface area contributed by atoms with E-state index >= 15 is 0 Å². The van der Waals surface area contributed by atoms with Crippen LogP contribution in [0.4, 0.5) is 5.69 Å². The van der Waals surface area contributed by atoms with Crippen molar-refractivity contribution in [2.75, 3.05) is 31.7 Å². The van der Waals surface area contributed by atoms with E-state index < -0.39 is 0 Å². The predicted molar refractivity (Wildman–Crippen MR) is 103 cm³/mol. The van der Waals surface area contributed by atoms with Gasteiger partial charge in [-0.1, -0.05) is 30.3 Å². The van der Waals surface area contributed by atoms with Crippen molar-refractivity contribution in [3.63, 3.8) is 0 Å². The van der Waals surface area contributed by atoms with Crippen molar-refractivity contribution in [1.29, 1.82) is 0 Å². The molecule has 0 unspecified atom stereocenters. The van der Waals surface area contributed by atoms with Crippen LogP contribution < -0.4 is 19.7 Å². The van der Waals surface area contributed by atoms with Gasteiger partial charge in [0.2, 0.25) is 5.91 Å². The van der Waals surface area contributed by atoms with Crippen LogP contribution in [0, 0.1) is 0 Å². The lowest BCUT2D eigenvalue weighted by atomic mass is 9.97. The molecule has 2 aromatic rings. The Morgan fingerprint density at radius 1 is 1.15 bits per heavy atom. The van der Waals surface area contributed by atoms with Crippen molar-refractivity contribution >= 4 is 11.6 Å². The highest BCUT2D eigenvalue weighted by Gasteiger charge is 2.24. The molecule has 0 saturated carbocycles. The quantitative estimate of drug-likeness (QED) is 0.777. The summed E-state index contributed by atoms with van der Waals surface area (Å²) in [5, 5.41) is 2.94. The number of benzene rings is 2. The molecule has 0 spiro atoms. The Kier molecular flexibility index (Phi) is 6.00. The molecule has 5 nitrogen and oxygen atoms in total. The lowest BCUT2D eigenvalue weighted by Crippen LogP contribution is -2.45. The van der Waals surface area contributed by atoms with E-state index in [1.807, 2.05) is 30.3 Å². The number of rotatable bonds is 7. The van der Waals surface area contributed by atoms with Gasteiger partial charge < -0.3 is 19.7 Å². The number of nitrogens with zero attached hydrogens (tertiary/aromatic N) is 1. The summed E-state index contributed by atoms with van der Waals surface area (Å²) in [5.41, 5.74) is 2.49. The van der Waals surface area contributed by atoms with Crippen molar-refractivity contribution in [3.8, 4) is 11.5 Å². The van der Waals surface area contributed by atoms with Crippen molar-refractivity contribution in [1.82, 2.24) is 5.32 Å². The smallest absolute Gasteiger partial charge is 0.239 e. The summed E-state index contributed by atoms with van der Waals surface area (Å²) in [7, 11) is 1.61. The Balaban J connectivity index is 1.49. The van der Waals surface area contributed by atoms with E-state index in [9.17, 15) is 4.79 Å². The third-order valence-electron chi connectivity index (χ3n) is 4.73. The lowest BCUT2D eigenvalue weighted by molar-refractivity contribution is -0.120. The van der Waals surface area contributed by atoms with Gasteiger partial charge >= 0.3 is 0 Å². The van der Waals surface area contributed by atoms with Crippen LogP contribution in [0.2, 0.25) is 0 Å². The van der Waals surface area contributed by atoms with Crippen LogP contribution in [0.25, 0.3) is 0 Å². The molecule has 1 heterocycles. The minimum Gasteiger partial charge on any atom is -0.493 e. The number of carbonyl (C=O) groups excluding carboxylic acids is 1. The van der Waals surface area contributed by atoms with Gasteiger partial charge in [-0.3, -0.25) is 4.79 Å². The summed E-state index contributed by atoms with van der Waals surface area (Å²) in [6.07, 6.45) is 2.14. The van der Waals surface area contributed by atoms with Gasteiger partial charge in [0, 0.05) is 11.7 Å². The van der Waals surface area contributed by atoms with Crippen LogP contribution in [-0.4, -0.2) is 38.8 Å². The maximum atomic E-state index is 12.4. The molecule has 0 fully saturated rings. The number of fused-ring (bicyclic) bond motifs is 1. The largest absolute Gasteiger partial charge is 0.493 e. The van der Waals surface area contributed by atoms with Crippen molar-refractivity contribution in [2.24, 2.45) is 0 Å². The highest BCUT2D eigenvalue weighted by molar-refractivity contribution is 5.82. The van der Waals surface area contributed by atoms with Gasteiger partial charge in [0.05, 0.1) is 20.2 Å². The molecule has 1 N–H and O–H groups in total. The molecule has 5 heteroatoms. The topological polar surface area (TPSA) is 50.8 Å². The van der Waals surface area contributed by atoms with Gasteiger partial charge in [-0.25, -0.2) is 0 Å². The molecule has 1 amide bonds. The van der Waals surface area contributed by atoms with Crippen LogP contribution >= 0.6 is 0 Å². The SMILES string of the molecule is COc1ccccc1OCCNC(=O)CN1c2ccccc2CC[C@H]1C. The van der Waals surface area contributed by atoms with Crippen LogP contribution in [0.3, 0.4) is 0 Å². The van der Waals surface area contributed by atoms with Gasteiger partial charge in [0.1, 0.15) is 6.61 Å². The number of hydrogen-bond acceptors (Lipinski definition) is 4. The molecule has 1 atom stereocenters. The summed E-state index contributed by atoms with van der Waals surface area (Å²) < 4.78 is 10.9. The second kappa shape index (κ2) is 8.61. The first-order chi connectivity index (χ1) is 12.7. The van der Waals surface area contributed by atoms with Crippen molar-refractivity contribution in [3.05, 3.63) is 54.1 Å². The highest BCUT2D eigenvalue weighted by Crippen LogP contribution is 2.30. The molecule has 1 aliphatic rings. The maximum absolute atomic E-state index is 12.4. The molecular weight excluding hydrogens is 328 g/mol. The van der Waals surface area contributed by atoms with Crippen molar-refractivity contribution < 1.29 is 14.3 Å². The molecule has 0 bridgehead atoms. The van der Waals surface area contributed by atoms with Crippen LogP contribution in [-0.2, 0) is 11.2 Å². The van der Waals surface area contributed by atoms with E-state index in [4.69, 9.17) is 9.47 Å². The standard InChI is InChI=1S/C21H26N2O3/c1-16-11-12-17-7-3-4-8-18(17)23(16)15-21(24)22-13-14-26-20-10-6-5-9-19(20)25-2/h3-10,16H,11-15H2,1-2H3,(H,22,24)/t16-/m1/s1. The molecule has 2 aromatic carbocycles. The Labute approximate surface area is 154 Å². The fourth-order valence-electron chi connectivity index (χ4n) is 3.30. The monoisotopic (exact) mass is 354 g/mol. The number of hydrogen-bond donors (Lipinski definition) is 1. The molecule has 0 saturated heterocycles. The first kappa shape index (κ1) is 18.1. The second-order valence-corrected chi connectivity index (χ2v) is 6.49. The molecule has 1 aliphatic heterocycles. The summed E-state index contributed by atoms with van der Waals surface area (Å²) >= 11 is 0. The third-order valence-corrected chi connectivity index (χ3v) is 4.73. The number of aryl methyl sites for hydroxylation is 1. The molecule has 26 heavy (non-hydrogen) atoms. The van der Waals surface area contributed by atoms with E-state index in [1.165, 1.54) is 11.3 Å². The van der Waals surface area contributed by atoms with Crippen LogP contribution in [0.5, 0.6) is 11.5 Å². The predicted octanol–water partition coefficient (Wildman–Crippen LogP) is 3.03. The Morgan fingerprint density at radius 3 is 2.69 bits per heavy atom. The van der Waals surface area contributed by atoms with Crippen molar-refractivity contribution in [2.45, 2.75) is 25.8 Å². The lowest BCUT2D eigenvalue weighted by Gasteiger charge is -2.36. The molecule has 0 aliphatic carbocycles. The summed E-state index contributed by atoms with van der Waals surface area (Å²) in [5.74, 6) is 1.39. The molecule has 138 valence electrons. The molecule has 0 aromatic heterocycles. The number of nitrogens with one attached hydrogen (secondary N) is 1. The zero-order valence-corrected chi connectivity index (χ0v) is 15.4. The molecule has 0 radical (unpaired) electrons. The highest BCUT2D eigenvalue weighted by atomic mass is 16.5. The van der Waals surface area contributed by atoms with Gasteiger partial charge in [0.25, 0.3) is 0 Å². The Morgan fingerprint density at radius 2 is 1.88 bits per heavy atom. The van der Waals surface area contributed by atoms with Gasteiger partial charge in [-0.2, -0.15) is 0 Å². The summed E-state index contributed by atoms with van der Waals surface area (Å²) in [6, 6.07) is 16.2. The van der Waals surface area contributed by atoms with E-state index in [2.05, 4.69) is 35.3 Å². The summed E-state index contributed by atoms with van der Waals surface area (Å²) in [6.45, 7) is 3.40. The summed E-state index contributed by atoms with van der Waals surface area (Å²) in [4.78, 5) is 14.6. The average molecular weight is 354 g/mol. The minimum absolute atomic E-state index is 0.0113. The number of amides is 1. The van der Waals surface area contributed by atoms with Gasteiger partial charge in [-0.15, -0.1) is 0 Å². The van der Waals surface area contributed by atoms with Gasteiger partial charge in [-0.05, 0) is 43.5 Å². The van der Waals surface area contributed by atoms with E-state index in [0.717, 1.165) is 12.8 Å². The van der Waals surface area contributed by atoms with E-state index in [1.54, 1.807) is 7.11 Å². The number of anilines is 1. The zero-order chi connectivity index (χ0) is 18.4. The Bertz CT molecular complexity index is 748. The minimum atomic E-state index is 0.0113. The van der Waals surface area contributed by atoms with Gasteiger partial charge in [0.15, 0.2) is 11.5 Å². The maximum Gasteiger partial charge on any atom is 0.239 e. The Hall–Kier alpha value is -2.69.